The van der Waals surface area contributed by atoms with Crippen molar-refractivity contribution in [1.82, 2.24) is 4.90 Å². The van der Waals surface area contributed by atoms with Gasteiger partial charge in [0.15, 0.2) is 0 Å². The van der Waals surface area contributed by atoms with Crippen molar-refractivity contribution in [3.63, 3.8) is 0 Å². The summed E-state index contributed by atoms with van der Waals surface area (Å²) in [6.45, 7) is 32.9. The first-order valence-electron chi connectivity index (χ1n) is 20.6. The molecule has 0 amide bonds. The van der Waals surface area contributed by atoms with Crippen LogP contribution in [0.15, 0.2) is 60.7 Å². The molecule has 288 valence electrons. The normalized spacial score (nSPS) is 15.8. The summed E-state index contributed by atoms with van der Waals surface area (Å²) in [5.41, 5.74) is 18.1. The van der Waals surface area contributed by atoms with Gasteiger partial charge in [-0.1, -0.05) is 122 Å². The van der Waals surface area contributed by atoms with Gasteiger partial charge < -0.3 is 4.90 Å². The maximum atomic E-state index is 2.52. The van der Waals surface area contributed by atoms with E-state index in [1.807, 2.05) is 0 Å². The van der Waals surface area contributed by atoms with Crippen LogP contribution in [-0.2, 0) is 6.42 Å². The van der Waals surface area contributed by atoms with Crippen LogP contribution in [-0.4, -0.2) is 48.2 Å². The quantitative estimate of drug-likeness (QED) is 0.131. The predicted octanol–water partition coefficient (Wildman–Crippen LogP) is 11.9. The molecule has 2 heterocycles. The van der Waals surface area contributed by atoms with E-state index in [0.717, 1.165) is 0 Å². The van der Waals surface area contributed by atoms with Crippen molar-refractivity contribution in [3.05, 3.63) is 122 Å². The number of unbranched alkanes of at least 4 members (excludes halogenated alkanes) is 1. The van der Waals surface area contributed by atoms with Crippen LogP contribution in [0.2, 0.25) is 38.3 Å². The number of likely N-dealkylation sites (tertiary alicyclic amines) is 1. The molecule has 2 aliphatic heterocycles. The molecule has 6 rings (SSSR count). The summed E-state index contributed by atoms with van der Waals surface area (Å²) in [5.74, 6) is 0. The van der Waals surface area contributed by atoms with Crippen LogP contribution < -0.4 is 15.3 Å². The summed E-state index contributed by atoms with van der Waals surface area (Å²) in [6, 6.07) is 25.8. The molecule has 1 unspecified atom stereocenters. The number of anilines is 1. The Bertz CT molecular complexity index is 1740. The molecule has 1 fully saturated rings. The van der Waals surface area contributed by atoms with Gasteiger partial charge in [0, 0.05) is 25.3 Å². The van der Waals surface area contributed by atoms with Gasteiger partial charge in [0.05, 0.1) is 16.1 Å². The first kappa shape index (κ1) is 42.8. The molecule has 0 aliphatic carbocycles. The van der Waals surface area contributed by atoms with E-state index in [4.69, 9.17) is 0 Å². The molecule has 0 bridgehead atoms. The van der Waals surface area contributed by atoms with E-state index in [0.29, 0.717) is 6.04 Å². The van der Waals surface area contributed by atoms with Gasteiger partial charge in [-0.25, -0.2) is 0 Å². The van der Waals surface area contributed by atoms with E-state index in [9.17, 15) is 0 Å². The van der Waals surface area contributed by atoms with Crippen molar-refractivity contribution >= 4 is 32.2 Å². The molecule has 0 spiro atoms. The second kappa shape index (κ2) is 18.1. The number of fused-ring (bicyclic) bond motifs is 1. The van der Waals surface area contributed by atoms with E-state index < -0.39 is 16.1 Å². The summed E-state index contributed by atoms with van der Waals surface area (Å²) in [4.78, 5) is 4.91. The zero-order chi connectivity index (χ0) is 39.2. The molecule has 4 aromatic rings. The van der Waals surface area contributed by atoms with Gasteiger partial charge in [-0.2, -0.15) is 0 Å². The van der Waals surface area contributed by atoms with Crippen LogP contribution in [0.1, 0.15) is 92.9 Å². The van der Waals surface area contributed by atoms with E-state index in [1.54, 1.807) is 21.5 Å². The molecule has 2 nitrogen and oxygen atoms in total. The SMILES string of the molecule is C[Si](C)(CCCC[Si](C)(C)c1ccccc1)c1ccccc1.Cc1c(C)c(C)c(C2CCCN2C)c(C)c1C.Cc1c(C)c(C)c2c(c1C)CCN2C. The summed E-state index contributed by atoms with van der Waals surface area (Å²) < 4.78 is 0. The highest BCUT2D eigenvalue weighted by molar-refractivity contribution is 6.90. The van der Waals surface area contributed by atoms with Crippen LogP contribution >= 0.6 is 0 Å². The molecular weight excluding hydrogens is 673 g/mol. The average molecular weight is 747 g/mol. The lowest BCUT2D eigenvalue weighted by Crippen LogP contribution is -2.42. The smallest absolute Gasteiger partial charge is 0.0806 e. The van der Waals surface area contributed by atoms with Crippen molar-refractivity contribution < 1.29 is 0 Å². The number of hydrogen-bond acceptors (Lipinski definition) is 2. The minimum absolute atomic E-state index is 0.646. The standard InChI is InChI=1S/C20H30Si2.C16H25N.C13H19N/c1-21(2,19-13-7-5-8-14-19)17-11-12-18-22(3,4)20-15-9-6-10-16-20;1-10-11(2)13(4)16(14(5)12(10)3)15-8-7-9-17(15)6;1-8-9(2)11(4)13-12(10(8)3)6-7-14(13)5/h5-10,13-16H,11-12,17-18H2,1-4H3;15H,7-9H2,1-6H3;6-7H2,1-5H3. The highest BCUT2D eigenvalue weighted by atomic mass is 28.3. The number of nitrogens with zero attached hydrogens (tertiary/aromatic N) is 2. The monoisotopic (exact) mass is 747 g/mol. The highest BCUT2D eigenvalue weighted by Crippen LogP contribution is 2.39. The molecule has 1 atom stereocenters. The van der Waals surface area contributed by atoms with Crippen molar-refractivity contribution in [2.45, 2.75) is 139 Å². The fourth-order valence-corrected chi connectivity index (χ4v) is 14.1. The minimum atomic E-state index is -1.24. The molecular formula is C49H74N2Si2. The lowest BCUT2D eigenvalue weighted by atomic mass is 9.85. The number of benzene rings is 4. The Balaban J connectivity index is 0.000000182. The Hall–Kier alpha value is -2.93. The first-order valence-corrected chi connectivity index (χ1v) is 27.0. The van der Waals surface area contributed by atoms with Gasteiger partial charge in [0.25, 0.3) is 0 Å². The van der Waals surface area contributed by atoms with Crippen molar-refractivity contribution in [1.29, 1.82) is 0 Å². The molecule has 0 saturated carbocycles. The fraction of sp³-hybridized carbons (Fsp3) is 0.510. The molecule has 53 heavy (non-hydrogen) atoms. The summed E-state index contributed by atoms with van der Waals surface area (Å²) in [7, 11) is 1.99. The molecule has 4 aromatic carbocycles. The van der Waals surface area contributed by atoms with E-state index in [1.165, 1.54) is 113 Å². The van der Waals surface area contributed by atoms with Gasteiger partial charge >= 0.3 is 0 Å². The van der Waals surface area contributed by atoms with Gasteiger partial charge in [0.1, 0.15) is 0 Å². The second-order valence-corrected chi connectivity index (χ2v) is 27.6. The fourth-order valence-electron chi connectivity index (χ4n) is 9.09. The summed E-state index contributed by atoms with van der Waals surface area (Å²) in [5, 5.41) is 3.21. The number of likely N-dealkylation sites (N-methyl/N-ethyl adjacent to an activating group) is 1. The molecule has 0 N–H and O–H groups in total. The van der Waals surface area contributed by atoms with Crippen molar-refractivity contribution in [2.24, 2.45) is 0 Å². The van der Waals surface area contributed by atoms with Gasteiger partial charge in [-0.15, -0.1) is 0 Å². The molecule has 1 saturated heterocycles. The Kier molecular flexibility index (Phi) is 14.7. The lowest BCUT2D eigenvalue weighted by Gasteiger charge is -2.27. The van der Waals surface area contributed by atoms with Crippen LogP contribution in [0, 0.1) is 62.3 Å². The first-order chi connectivity index (χ1) is 24.9. The van der Waals surface area contributed by atoms with Crippen LogP contribution in [0.25, 0.3) is 0 Å². The maximum Gasteiger partial charge on any atom is 0.0806 e. The molecule has 4 heteroatoms. The third-order valence-corrected chi connectivity index (χ3v) is 20.7. The molecule has 0 aromatic heterocycles. The average Bonchev–Trinajstić information content (AvgIpc) is 3.76. The molecule has 0 radical (unpaired) electrons. The van der Waals surface area contributed by atoms with E-state index in [-0.39, 0.29) is 0 Å². The third kappa shape index (κ3) is 9.85. The largest absolute Gasteiger partial charge is 0.374 e. The Morgan fingerprint density at radius 1 is 0.528 bits per heavy atom. The lowest BCUT2D eigenvalue weighted by molar-refractivity contribution is 0.315. The predicted molar refractivity (Wildman–Crippen MR) is 243 cm³/mol. The summed E-state index contributed by atoms with van der Waals surface area (Å²) in [6.07, 6.45) is 6.65. The van der Waals surface area contributed by atoms with Gasteiger partial charge in [0.2, 0.25) is 0 Å². The molecule has 2 aliphatic rings. The van der Waals surface area contributed by atoms with Crippen LogP contribution in [0.5, 0.6) is 0 Å². The highest BCUT2D eigenvalue weighted by Gasteiger charge is 2.28. The van der Waals surface area contributed by atoms with Crippen LogP contribution in [0.3, 0.4) is 0 Å². The minimum Gasteiger partial charge on any atom is -0.374 e. The van der Waals surface area contributed by atoms with E-state index in [2.05, 4.69) is 173 Å². The van der Waals surface area contributed by atoms with Crippen LogP contribution in [0.4, 0.5) is 5.69 Å². The van der Waals surface area contributed by atoms with E-state index >= 15 is 0 Å². The zero-order valence-corrected chi connectivity index (χ0v) is 38.6. The number of hydrogen-bond donors (Lipinski definition) is 0. The second-order valence-electron chi connectivity index (χ2n) is 17.9. The Morgan fingerprint density at radius 2 is 0.943 bits per heavy atom. The van der Waals surface area contributed by atoms with Gasteiger partial charge in [-0.3, -0.25) is 4.90 Å². The maximum absolute atomic E-state index is 2.52. The number of rotatable bonds is 8. The zero-order valence-electron chi connectivity index (χ0n) is 36.6. The van der Waals surface area contributed by atoms with Crippen molar-refractivity contribution in [2.75, 3.05) is 32.1 Å². The Morgan fingerprint density at radius 3 is 1.38 bits per heavy atom. The Labute approximate surface area is 328 Å². The topological polar surface area (TPSA) is 6.48 Å². The third-order valence-electron chi connectivity index (χ3n) is 13.7. The van der Waals surface area contributed by atoms with Crippen molar-refractivity contribution in [3.8, 4) is 0 Å². The summed E-state index contributed by atoms with van der Waals surface area (Å²) >= 11 is 0. The van der Waals surface area contributed by atoms with Gasteiger partial charge in [-0.05, 0) is 156 Å².